The first-order valence-electron chi connectivity index (χ1n) is 10.5. The predicted octanol–water partition coefficient (Wildman–Crippen LogP) is 3.90. The number of nitrogens with one attached hydrogen (secondary N) is 1. The van der Waals surface area contributed by atoms with E-state index in [1.165, 1.54) is 29.1 Å². The summed E-state index contributed by atoms with van der Waals surface area (Å²) >= 11 is 1.50. The third-order valence-corrected chi connectivity index (χ3v) is 7.17. The number of phenols is 1. The van der Waals surface area contributed by atoms with Gasteiger partial charge in [-0.3, -0.25) is 4.79 Å². The van der Waals surface area contributed by atoms with Crippen molar-refractivity contribution in [1.82, 2.24) is 4.98 Å². The summed E-state index contributed by atoms with van der Waals surface area (Å²) in [4.78, 5) is 19.5. The molecule has 5 rings (SSSR count). The SMILES string of the molecule is Cc1oc2c(C[NH+]3CCC[C@@H](C)C3)c(O)ccc2c(=O)c1-c1nc2ccccc2s1. The van der Waals surface area contributed by atoms with E-state index < -0.39 is 0 Å². The molecule has 0 spiro atoms. The van der Waals surface area contributed by atoms with E-state index >= 15 is 0 Å². The summed E-state index contributed by atoms with van der Waals surface area (Å²) in [6.45, 7) is 6.90. The topological polar surface area (TPSA) is 67.8 Å². The molecule has 5 nitrogen and oxygen atoms in total. The highest BCUT2D eigenvalue weighted by molar-refractivity contribution is 7.21. The molecule has 6 heteroatoms. The van der Waals surface area contributed by atoms with Crippen molar-refractivity contribution < 1.29 is 14.4 Å². The molecular weight excluding hydrogens is 396 g/mol. The number of quaternary nitrogens is 1. The Bertz CT molecular complexity index is 1270. The van der Waals surface area contributed by atoms with Gasteiger partial charge in [0.2, 0.25) is 5.43 Å². The molecule has 0 bridgehead atoms. The van der Waals surface area contributed by atoms with E-state index in [0.29, 0.717) is 39.8 Å². The maximum Gasteiger partial charge on any atom is 0.203 e. The normalized spacial score (nSPS) is 19.5. The maximum atomic E-state index is 13.5. The number of benzene rings is 2. The van der Waals surface area contributed by atoms with Crippen molar-refractivity contribution in [2.24, 2.45) is 5.92 Å². The van der Waals surface area contributed by atoms with Gasteiger partial charge >= 0.3 is 0 Å². The van der Waals surface area contributed by atoms with Crippen LogP contribution in [0.15, 0.2) is 45.6 Å². The van der Waals surface area contributed by atoms with Gasteiger partial charge in [0, 0.05) is 5.92 Å². The van der Waals surface area contributed by atoms with Crippen LogP contribution in [0.25, 0.3) is 31.8 Å². The molecule has 0 aliphatic carbocycles. The first-order valence-corrected chi connectivity index (χ1v) is 11.3. The lowest BCUT2D eigenvalue weighted by Gasteiger charge is -2.28. The third-order valence-electron chi connectivity index (χ3n) is 6.11. The minimum Gasteiger partial charge on any atom is -0.507 e. The zero-order valence-corrected chi connectivity index (χ0v) is 18.0. The second kappa shape index (κ2) is 7.52. The monoisotopic (exact) mass is 421 g/mol. The zero-order chi connectivity index (χ0) is 20.8. The van der Waals surface area contributed by atoms with Crippen molar-refractivity contribution in [3.8, 4) is 16.3 Å². The van der Waals surface area contributed by atoms with Crippen LogP contribution >= 0.6 is 11.3 Å². The molecule has 1 aliphatic heterocycles. The summed E-state index contributed by atoms with van der Waals surface area (Å²) in [6, 6.07) is 11.2. The van der Waals surface area contributed by atoms with Crippen molar-refractivity contribution in [2.75, 3.05) is 13.1 Å². The molecule has 2 aromatic carbocycles. The summed E-state index contributed by atoms with van der Waals surface area (Å²) in [6.07, 6.45) is 2.44. The molecule has 0 radical (unpaired) electrons. The molecule has 2 N–H and O–H groups in total. The van der Waals surface area contributed by atoms with E-state index in [1.807, 2.05) is 31.2 Å². The smallest absolute Gasteiger partial charge is 0.203 e. The zero-order valence-electron chi connectivity index (χ0n) is 17.2. The van der Waals surface area contributed by atoms with Crippen LogP contribution in [0, 0.1) is 12.8 Å². The van der Waals surface area contributed by atoms with Crippen molar-refractivity contribution in [1.29, 1.82) is 0 Å². The maximum absolute atomic E-state index is 13.5. The van der Waals surface area contributed by atoms with E-state index in [4.69, 9.17) is 4.42 Å². The number of aryl methyl sites for hydroxylation is 1. The lowest BCUT2D eigenvalue weighted by molar-refractivity contribution is -0.922. The standard InChI is InChI=1S/C24H24N2O3S/c1-14-6-5-11-26(12-14)13-17-19(27)10-9-16-22(28)21(15(2)29-23(16)17)24-25-18-7-3-4-8-20(18)30-24/h3-4,7-10,14,27H,5-6,11-13H2,1-2H3/p+1/t14-/m1/s1. The first kappa shape index (κ1) is 19.3. The van der Waals surface area contributed by atoms with Crippen molar-refractivity contribution in [3.05, 3.63) is 57.9 Å². The summed E-state index contributed by atoms with van der Waals surface area (Å²) < 4.78 is 7.24. The Labute approximate surface area is 178 Å². The molecule has 2 aromatic heterocycles. The van der Waals surface area contributed by atoms with Gasteiger partial charge in [-0.25, -0.2) is 4.98 Å². The number of piperidine rings is 1. The summed E-state index contributed by atoms with van der Waals surface area (Å²) in [5.41, 5.74) is 2.54. The highest BCUT2D eigenvalue weighted by Crippen LogP contribution is 2.33. The van der Waals surface area contributed by atoms with Gasteiger partial charge < -0.3 is 14.4 Å². The molecule has 1 aliphatic rings. The summed E-state index contributed by atoms with van der Waals surface area (Å²) in [5.74, 6) is 1.41. The summed E-state index contributed by atoms with van der Waals surface area (Å²) in [5, 5.41) is 11.8. The van der Waals surface area contributed by atoms with Gasteiger partial charge in [0.15, 0.2) is 5.58 Å². The number of thiazole rings is 1. The van der Waals surface area contributed by atoms with Crippen LogP contribution in [-0.4, -0.2) is 23.2 Å². The van der Waals surface area contributed by atoms with Crippen LogP contribution in [-0.2, 0) is 6.54 Å². The average Bonchev–Trinajstić information content (AvgIpc) is 3.14. The fourth-order valence-electron chi connectivity index (χ4n) is 4.62. The number of aromatic hydroxyl groups is 1. The highest BCUT2D eigenvalue weighted by Gasteiger charge is 2.25. The number of nitrogens with zero attached hydrogens (tertiary/aromatic N) is 1. The van der Waals surface area contributed by atoms with Crippen LogP contribution < -0.4 is 10.3 Å². The van der Waals surface area contributed by atoms with Gasteiger partial charge in [0.05, 0.1) is 39.8 Å². The molecule has 3 heterocycles. The number of para-hydroxylation sites is 1. The minimum atomic E-state index is -0.0870. The Morgan fingerprint density at radius 3 is 2.90 bits per heavy atom. The van der Waals surface area contributed by atoms with Gasteiger partial charge in [-0.05, 0) is 44.0 Å². The number of phenolic OH excluding ortho intramolecular Hbond substituents is 1. The second-order valence-corrected chi connectivity index (χ2v) is 9.45. The molecular formula is C24H25N2O3S+. The molecule has 1 saturated heterocycles. The molecule has 154 valence electrons. The van der Waals surface area contributed by atoms with E-state index in [0.717, 1.165) is 28.9 Å². The first-order chi connectivity index (χ1) is 14.5. The van der Waals surface area contributed by atoms with Crippen molar-refractivity contribution in [2.45, 2.75) is 33.2 Å². The number of fused-ring (bicyclic) bond motifs is 2. The Hall–Kier alpha value is -2.70. The lowest BCUT2D eigenvalue weighted by atomic mass is 9.99. The third kappa shape index (κ3) is 3.30. The highest BCUT2D eigenvalue weighted by atomic mass is 32.1. The number of rotatable bonds is 3. The Kier molecular flexibility index (Phi) is 4.83. The van der Waals surface area contributed by atoms with Crippen LogP contribution in [0.5, 0.6) is 5.75 Å². The van der Waals surface area contributed by atoms with Gasteiger partial charge in [-0.2, -0.15) is 0 Å². The molecule has 2 atom stereocenters. The van der Waals surface area contributed by atoms with Crippen LogP contribution in [0.4, 0.5) is 0 Å². The van der Waals surface area contributed by atoms with E-state index in [9.17, 15) is 9.90 Å². The molecule has 4 aromatic rings. The van der Waals surface area contributed by atoms with Gasteiger partial charge in [-0.1, -0.05) is 19.1 Å². The van der Waals surface area contributed by atoms with Gasteiger partial charge in [-0.15, -0.1) is 11.3 Å². The minimum absolute atomic E-state index is 0.0870. The van der Waals surface area contributed by atoms with E-state index in [1.54, 1.807) is 12.1 Å². The fraction of sp³-hybridized carbons (Fsp3) is 0.333. The Morgan fingerprint density at radius 2 is 2.10 bits per heavy atom. The van der Waals surface area contributed by atoms with Crippen LogP contribution in [0.1, 0.15) is 31.1 Å². The Morgan fingerprint density at radius 1 is 1.27 bits per heavy atom. The summed E-state index contributed by atoms with van der Waals surface area (Å²) in [7, 11) is 0. The number of hydrogen-bond donors (Lipinski definition) is 2. The van der Waals surface area contributed by atoms with Crippen molar-refractivity contribution in [3.63, 3.8) is 0 Å². The number of aromatic nitrogens is 1. The van der Waals surface area contributed by atoms with Gasteiger partial charge in [0.25, 0.3) is 0 Å². The van der Waals surface area contributed by atoms with Crippen molar-refractivity contribution >= 4 is 32.5 Å². The number of likely N-dealkylation sites (tertiary alicyclic amines) is 1. The molecule has 0 amide bonds. The molecule has 1 unspecified atom stereocenters. The quantitative estimate of drug-likeness (QED) is 0.527. The molecule has 1 fully saturated rings. The molecule has 30 heavy (non-hydrogen) atoms. The van der Waals surface area contributed by atoms with E-state index in [2.05, 4.69) is 11.9 Å². The fourth-order valence-corrected chi connectivity index (χ4v) is 5.67. The molecule has 0 saturated carbocycles. The second-order valence-electron chi connectivity index (χ2n) is 8.42. The van der Waals surface area contributed by atoms with E-state index in [-0.39, 0.29) is 11.2 Å². The average molecular weight is 422 g/mol. The Balaban J connectivity index is 1.64. The number of hydrogen-bond acceptors (Lipinski definition) is 5. The lowest BCUT2D eigenvalue weighted by Crippen LogP contribution is -3.12. The van der Waals surface area contributed by atoms with Crippen LogP contribution in [0.2, 0.25) is 0 Å². The van der Waals surface area contributed by atoms with Gasteiger partial charge in [0.1, 0.15) is 23.1 Å². The largest absolute Gasteiger partial charge is 0.507 e. The predicted molar refractivity (Wildman–Crippen MR) is 120 cm³/mol. The van der Waals surface area contributed by atoms with Crippen LogP contribution in [0.3, 0.4) is 0 Å².